The summed E-state index contributed by atoms with van der Waals surface area (Å²) in [5, 5.41) is 20.8. The summed E-state index contributed by atoms with van der Waals surface area (Å²) in [6.07, 6.45) is -0.774. The molecule has 1 aliphatic rings. The molecule has 1 fully saturated rings. The lowest BCUT2D eigenvalue weighted by Gasteiger charge is -2.18. The van der Waals surface area contributed by atoms with Gasteiger partial charge in [-0.15, -0.1) is 0 Å². The van der Waals surface area contributed by atoms with Gasteiger partial charge in [-0.2, -0.15) is 0 Å². The molecule has 0 saturated heterocycles. The predicted octanol–water partition coefficient (Wildman–Crippen LogP) is 1.55. The van der Waals surface area contributed by atoms with E-state index in [0.29, 0.717) is 5.56 Å². The number of phenolic OH excluding ortho intramolecular Hbond substituents is 1. The van der Waals surface area contributed by atoms with Crippen LogP contribution in [-0.2, 0) is 16.0 Å². The van der Waals surface area contributed by atoms with Gasteiger partial charge >= 0.3 is 5.97 Å². The van der Waals surface area contributed by atoms with Crippen LogP contribution in [0.1, 0.15) is 18.9 Å². The van der Waals surface area contributed by atoms with Crippen molar-refractivity contribution in [3.05, 3.63) is 29.8 Å². The fraction of sp³-hybridized carbons (Fsp3) is 0.429. The summed E-state index contributed by atoms with van der Waals surface area (Å²) in [6, 6.07) is 4.68. The van der Waals surface area contributed by atoms with Crippen molar-refractivity contribution in [3.8, 4) is 5.75 Å². The lowest BCUT2D eigenvalue weighted by molar-refractivity contribution is -0.143. The molecule has 1 aromatic carbocycles. The van der Waals surface area contributed by atoms with Gasteiger partial charge in [-0.1, -0.05) is 18.2 Å². The maximum Gasteiger partial charge on any atom is 0.326 e. The standard InChI is InChI=1S/C14H15F2NO4/c1-13(7-14(13,15)16)12(21)17-9(11(19)20)6-8-4-2-3-5-10(8)18/h2-5,9,18H,6-7H2,1H3,(H,17,21)(H,19,20). The number of alkyl halides is 2. The van der Waals surface area contributed by atoms with Crippen LogP contribution in [0.25, 0.3) is 0 Å². The Morgan fingerprint density at radius 2 is 1.95 bits per heavy atom. The number of phenols is 1. The molecule has 3 N–H and O–H groups in total. The van der Waals surface area contributed by atoms with E-state index in [1.54, 1.807) is 12.1 Å². The zero-order valence-corrected chi connectivity index (χ0v) is 11.3. The molecule has 2 rings (SSSR count). The summed E-state index contributed by atoms with van der Waals surface area (Å²) in [7, 11) is 0. The summed E-state index contributed by atoms with van der Waals surface area (Å²) >= 11 is 0. The molecule has 1 amide bonds. The fourth-order valence-corrected chi connectivity index (χ4v) is 2.07. The van der Waals surface area contributed by atoms with E-state index < -0.39 is 35.7 Å². The van der Waals surface area contributed by atoms with Crippen LogP contribution in [0.5, 0.6) is 5.75 Å². The summed E-state index contributed by atoms with van der Waals surface area (Å²) in [5.41, 5.74) is -1.53. The van der Waals surface area contributed by atoms with Gasteiger partial charge in [0.05, 0.1) is 0 Å². The smallest absolute Gasteiger partial charge is 0.326 e. The average Bonchev–Trinajstić information content (AvgIpc) is 2.91. The molecule has 21 heavy (non-hydrogen) atoms. The number of hydrogen-bond donors (Lipinski definition) is 3. The van der Waals surface area contributed by atoms with E-state index >= 15 is 0 Å². The number of aromatic hydroxyl groups is 1. The van der Waals surface area contributed by atoms with Crippen LogP contribution in [0, 0.1) is 5.41 Å². The van der Waals surface area contributed by atoms with E-state index in [1.807, 2.05) is 0 Å². The largest absolute Gasteiger partial charge is 0.508 e. The minimum Gasteiger partial charge on any atom is -0.508 e. The molecule has 1 aromatic rings. The summed E-state index contributed by atoms with van der Waals surface area (Å²) in [6.45, 7) is 1.10. The van der Waals surface area contributed by atoms with Crippen molar-refractivity contribution < 1.29 is 28.6 Å². The number of rotatable bonds is 5. The van der Waals surface area contributed by atoms with Gasteiger partial charge in [0, 0.05) is 12.8 Å². The van der Waals surface area contributed by atoms with Gasteiger partial charge in [0.1, 0.15) is 17.2 Å². The first-order chi connectivity index (χ1) is 9.67. The third kappa shape index (κ3) is 2.81. The van der Waals surface area contributed by atoms with Gasteiger partial charge in [0.15, 0.2) is 0 Å². The molecule has 114 valence electrons. The van der Waals surface area contributed by atoms with Crippen LogP contribution in [0.4, 0.5) is 8.78 Å². The minimum absolute atomic E-state index is 0.110. The number of carboxylic acid groups (broad SMARTS) is 1. The SMILES string of the molecule is CC1(C(=O)NC(Cc2ccccc2O)C(=O)O)CC1(F)F. The van der Waals surface area contributed by atoms with Gasteiger partial charge in [0.25, 0.3) is 5.92 Å². The highest BCUT2D eigenvalue weighted by Gasteiger charge is 2.72. The first-order valence-electron chi connectivity index (χ1n) is 6.36. The molecule has 5 nitrogen and oxygen atoms in total. The number of para-hydroxylation sites is 1. The third-order valence-corrected chi connectivity index (χ3v) is 3.78. The van der Waals surface area contributed by atoms with Crippen LogP contribution in [-0.4, -0.2) is 34.1 Å². The van der Waals surface area contributed by atoms with Crippen molar-refractivity contribution in [1.29, 1.82) is 0 Å². The van der Waals surface area contributed by atoms with E-state index in [-0.39, 0.29) is 12.2 Å². The second kappa shape index (κ2) is 4.98. The molecule has 0 aromatic heterocycles. The zero-order valence-electron chi connectivity index (χ0n) is 11.3. The monoisotopic (exact) mass is 299 g/mol. The molecule has 2 unspecified atom stereocenters. The van der Waals surface area contributed by atoms with Crippen LogP contribution in [0.3, 0.4) is 0 Å². The molecule has 1 aliphatic carbocycles. The second-order valence-corrected chi connectivity index (χ2v) is 5.41. The van der Waals surface area contributed by atoms with Gasteiger partial charge in [-0.05, 0) is 18.6 Å². The van der Waals surface area contributed by atoms with E-state index in [2.05, 4.69) is 5.32 Å². The molecule has 0 aliphatic heterocycles. The molecule has 0 heterocycles. The van der Waals surface area contributed by atoms with Crippen molar-refractivity contribution in [2.45, 2.75) is 31.7 Å². The number of halogens is 2. The predicted molar refractivity (Wildman–Crippen MR) is 69.0 cm³/mol. The lowest BCUT2D eigenvalue weighted by atomic mass is 10.0. The summed E-state index contributed by atoms with van der Waals surface area (Å²) in [5.74, 6) is -5.55. The first-order valence-corrected chi connectivity index (χ1v) is 6.36. The Morgan fingerprint density at radius 3 is 2.43 bits per heavy atom. The van der Waals surface area contributed by atoms with Crippen molar-refractivity contribution in [3.63, 3.8) is 0 Å². The van der Waals surface area contributed by atoms with Gasteiger partial charge in [-0.3, -0.25) is 4.79 Å². The Hall–Kier alpha value is -2.18. The number of nitrogens with one attached hydrogen (secondary N) is 1. The van der Waals surface area contributed by atoms with Gasteiger partial charge in [-0.25, -0.2) is 13.6 Å². The number of aliphatic carboxylic acids is 1. The number of carbonyl (C=O) groups excluding carboxylic acids is 1. The van der Waals surface area contributed by atoms with Gasteiger partial charge < -0.3 is 15.5 Å². The zero-order chi connectivity index (χ0) is 15.8. The quantitative estimate of drug-likeness (QED) is 0.770. The Balaban J connectivity index is 2.09. The third-order valence-electron chi connectivity index (χ3n) is 3.78. The molecule has 2 atom stereocenters. The molecule has 0 spiro atoms. The summed E-state index contributed by atoms with van der Waals surface area (Å²) in [4.78, 5) is 23.0. The highest BCUT2D eigenvalue weighted by Crippen LogP contribution is 2.60. The lowest BCUT2D eigenvalue weighted by Crippen LogP contribution is -2.46. The number of benzene rings is 1. The maximum absolute atomic E-state index is 13.1. The maximum atomic E-state index is 13.1. The molecular weight excluding hydrogens is 284 g/mol. The van der Waals surface area contributed by atoms with Crippen LogP contribution in [0.2, 0.25) is 0 Å². The van der Waals surface area contributed by atoms with Crippen LogP contribution < -0.4 is 5.32 Å². The van der Waals surface area contributed by atoms with Crippen LogP contribution in [0.15, 0.2) is 24.3 Å². The normalized spacial score (nSPS) is 24.1. The molecular formula is C14H15F2NO4. The van der Waals surface area contributed by atoms with E-state index in [0.717, 1.165) is 6.92 Å². The van der Waals surface area contributed by atoms with Crippen molar-refractivity contribution in [2.75, 3.05) is 0 Å². The number of hydrogen-bond acceptors (Lipinski definition) is 3. The van der Waals surface area contributed by atoms with E-state index in [9.17, 15) is 23.5 Å². The molecule has 0 bridgehead atoms. The minimum atomic E-state index is -3.10. The molecule has 1 saturated carbocycles. The highest BCUT2D eigenvalue weighted by atomic mass is 19.3. The highest BCUT2D eigenvalue weighted by molar-refractivity contribution is 5.90. The number of carbonyl (C=O) groups is 2. The van der Waals surface area contributed by atoms with Crippen LogP contribution >= 0.6 is 0 Å². The Bertz CT molecular complexity index is 590. The second-order valence-electron chi connectivity index (χ2n) is 5.41. The van der Waals surface area contributed by atoms with E-state index in [1.165, 1.54) is 12.1 Å². The average molecular weight is 299 g/mol. The fourth-order valence-electron chi connectivity index (χ4n) is 2.07. The van der Waals surface area contributed by atoms with Crippen molar-refractivity contribution in [2.24, 2.45) is 5.41 Å². The van der Waals surface area contributed by atoms with Crippen molar-refractivity contribution in [1.82, 2.24) is 5.32 Å². The molecule has 7 heteroatoms. The van der Waals surface area contributed by atoms with Crippen molar-refractivity contribution >= 4 is 11.9 Å². The number of amides is 1. The summed E-state index contributed by atoms with van der Waals surface area (Å²) < 4.78 is 26.3. The molecule has 0 radical (unpaired) electrons. The Morgan fingerprint density at radius 1 is 1.38 bits per heavy atom. The van der Waals surface area contributed by atoms with E-state index in [4.69, 9.17) is 5.11 Å². The number of carboxylic acids is 1. The Kier molecular flexibility index (Phi) is 3.61. The first kappa shape index (κ1) is 15.2. The van der Waals surface area contributed by atoms with Gasteiger partial charge in [0.2, 0.25) is 5.91 Å². The Labute approximate surface area is 119 Å². The topological polar surface area (TPSA) is 86.6 Å².